The monoisotopic (exact) mass is 155 g/mol. The smallest absolute Gasteiger partial charge is 0.852 e. The summed E-state index contributed by atoms with van der Waals surface area (Å²) in [6, 6.07) is 0. The Kier molecular flexibility index (Phi) is 11.9. The molecule has 0 aromatic heterocycles. The normalized spacial score (nSPS) is 7.67. The van der Waals surface area contributed by atoms with Gasteiger partial charge in [-0.05, 0) is 6.42 Å². The van der Waals surface area contributed by atoms with Crippen molar-refractivity contribution in [2.75, 3.05) is 6.54 Å². The fourth-order valence-corrected chi connectivity index (χ4v) is 0.469. The summed E-state index contributed by atoms with van der Waals surface area (Å²) in [5.74, 6) is 0. The first-order valence-electron chi connectivity index (χ1n) is 2.72. The third-order valence-electron chi connectivity index (χ3n) is 0.800. The van der Waals surface area contributed by atoms with Crippen molar-refractivity contribution in [3.05, 3.63) is 0 Å². The summed E-state index contributed by atoms with van der Waals surface area (Å²) in [7, 11) is 0. The molecule has 0 spiro atoms. The molecule has 0 saturated carbocycles. The quantitative estimate of drug-likeness (QED) is 0.268. The van der Waals surface area contributed by atoms with E-state index in [2.05, 4.69) is 24.5 Å². The molecule has 0 fully saturated rings. The molecule has 1 N–H and O–H groups in total. The molecule has 4 heteroatoms. The molecule has 0 aromatic carbocycles. The molecule has 0 aliphatic heterocycles. The Morgan fingerprint density at radius 2 is 2.22 bits per heavy atom. The fourth-order valence-electron chi connectivity index (χ4n) is 0.367. The van der Waals surface area contributed by atoms with E-state index in [-0.39, 0.29) is 34.7 Å². The van der Waals surface area contributed by atoms with E-state index >= 15 is 0 Å². The van der Waals surface area contributed by atoms with E-state index in [0.29, 0.717) is 0 Å². The zero-order valence-corrected chi connectivity index (χ0v) is 8.75. The molecule has 0 heterocycles. The summed E-state index contributed by atoms with van der Waals surface area (Å²) in [5.41, 5.74) is 0. The summed E-state index contributed by atoms with van der Waals surface area (Å²) in [6.45, 7) is 2.79. The Morgan fingerprint density at radius 1 is 1.67 bits per heavy atom. The van der Waals surface area contributed by atoms with E-state index < -0.39 is 0 Å². The van der Waals surface area contributed by atoms with Crippen LogP contribution in [0, 0.1) is 0 Å². The first-order valence-corrected chi connectivity index (χ1v) is 3.13. The molecule has 0 amide bonds. The van der Waals surface area contributed by atoms with Crippen molar-refractivity contribution in [3.63, 3.8) is 0 Å². The SMILES string of the molecule is CCCCNC([O-])=S.[Na+]. The largest absolute Gasteiger partial charge is 1.00 e. The van der Waals surface area contributed by atoms with Crippen molar-refractivity contribution in [1.82, 2.24) is 5.32 Å². The Hall–Kier alpha value is 0.690. The average Bonchev–Trinajstić information content (AvgIpc) is 1.66. The molecule has 0 rings (SSSR count). The third kappa shape index (κ3) is 12.0. The number of unbranched alkanes of at least 4 members (excludes halogenated alkanes) is 1. The predicted octanol–water partition coefficient (Wildman–Crippen LogP) is -2.97. The van der Waals surface area contributed by atoms with Gasteiger partial charge in [0.25, 0.3) is 0 Å². The van der Waals surface area contributed by atoms with Crippen LogP contribution in [0.25, 0.3) is 0 Å². The zero-order valence-electron chi connectivity index (χ0n) is 5.94. The van der Waals surface area contributed by atoms with Crippen LogP contribution in [0.1, 0.15) is 19.8 Å². The third-order valence-corrected chi connectivity index (χ3v) is 0.944. The van der Waals surface area contributed by atoms with Gasteiger partial charge in [-0.25, -0.2) is 0 Å². The van der Waals surface area contributed by atoms with Crippen LogP contribution in [0.5, 0.6) is 0 Å². The first-order chi connectivity index (χ1) is 3.77. The second-order valence-corrected chi connectivity index (χ2v) is 1.94. The van der Waals surface area contributed by atoms with Gasteiger partial charge in [-0.1, -0.05) is 25.6 Å². The van der Waals surface area contributed by atoms with Crippen LogP contribution in [-0.4, -0.2) is 11.7 Å². The molecule has 0 atom stereocenters. The Labute approximate surface area is 83.3 Å². The zero-order chi connectivity index (χ0) is 6.41. The number of rotatable bonds is 3. The van der Waals surface area contributed by atoms with Crippen LogP contribution in [0.2, 0.25) is 0 Å². The molecule has 0 radical (unpaired) electrons. The van der Waals surface area contributed by atoms with Crippen molar-refractivity contribution in [2.45, 2.75) is 19.8 Å². The van der Waals surface area contributed by atoms with E-state index in [1.165, 1.54) is 0 Å². The standard InChI is InChI=1S/C5H11NOS.Na/c1-2-3-4-6-5(7)8;/h2-4H2,1H3,(H2,6,7,8);/q;+1/p-1. The van der Waals surface area contributed by atoms with Gasteiger partial charge in [0.05, 0.1) is 0 Å². The molecule has 0 unspecified atom stereocenters. The molecule has 48 valence electrons. The summed E-state index contributed by atoms with van der Waals surface area (Å²) in [6.07, 6.45) is 2.11. The van der Waals surface area contributed by atoms with Crippen LogP contribution in [-0.2, 0) is 0 Å². The molecule has 0 aromatic rings. The van der Waals surface area contributed by atoms with Crippen LogP contribution in [0.4, 0.5) is 0 Å². The summed E-state index contributed by atoms with van der Waals surface area (Å²) < 4.78 is 0. The fraction of sp³-hybridized carbons (Fsp3) is 0.800. The summed E-state index contributed by atoms with van der Waals surface area (Å²) >= 11 is 4.24. The van der Waals surface area contributed by atoms with Gasteiger partial charge >= 0.3 is 29.6 Å². The Morgan fingerprint density at radius 3 is 2.56 bits per heavy atom. The first kappa shape index (κ1) is 12.4. The van der Waals surface area contributed by atoms with Crippen LogP contribution < -0.4 is 40.0 Å². The maximum atomic E-state index is 10.0. The van der Waals surface area contributed by atoms with Crippen LogP contribution in [0.15, 0.2) is 0 Å². The van der Waals surface area contributed by atoms with E-state index in [9.17, 15) is 5.11 Å². The number of thiocarbonyl (C=S) groups is 1. The number of nitrogens with one attached hydrogen (secondary N) is 1. The van der Waals surface area contributed by atoms with E-state index in [4.69, 9.17) is 0 Å². The molecule has 0 aliphatic carbocycles. The average molecular weight is 155 g/mol. The van der Waals surface area contributed by atoms with Crippen molar-refractivity contribution in [2.24, 2.45) is 0 Å². The van der Waals surface area contributed by atoms with Crippen molar-refractivity contribution < 1.29 is 34.7 Å². The topological polar surface area (TPSA) is 35.1 Å². The minimum atomic E-state index is -0.349. The number of hydrogen-bond donors (Lipinski definition) is 1. The van der Waals surface area contributed by atoms with E-state index in [1.807, 2.05) is 0 Å². The van der Waals surface area contributed by atoms with Crippen LogP contribution in [0.3, 0.4) is 0 Å². The Balaban J connectivity index is 0. The molecular weight excluding hydrogens is 145 g/mol. The van der Waals surface area contributed by atoms with Gasteiger partial charge in [-0.3, -0.25) is 0 Å². The molecule has 0 saturated heterocycles. The Bertz CT molecular complexity index is 79.4. The van der Waals surface area contributed by atoms with Gasteiger partial charge in [0.1, 0.15) is 0 Å². The van der Waals surface area contributed by atoms with Gasteiger partial charge in [0, 0.05) is 11.7 Å². The maximum absolute atomic E-state index is 10.0. The second kappa shape index (κ2) is 8.69. The van der Waals surface area contributed by atoms with Gasteiger partial charge in [0.15, 0.2) is 0 Å². The van der Waals surface area contributed by atoms with E-state index in [1.54, 1.807) is 0 Å². The van der Waals surface area contributed by atoms with Crippen LogP contribution >= 0.6 is 12.2 Å². The summed E-state index contributed by atoms with van der Waals surface area (Å²) in [5, 5.41) is 12.2. The van der Waals surface area contributed by atoms with Gasteiger partial charge in [0.2, 0.25) is 0 Å². The van der Waals surface area contributed by atoms with E-state index in [0.717, 1.165) is 19.4 Å². The molecule has 9 heavy (non-hydrogen) atoms. The van der Waals surface area contributed by atoms with Gasteiger partial charge in [-0.15, -0.1) is 0 Å². The number of hydrogen-bond acceptors (Lipinski definition) is 2. The molecular formula is C5H10NNaOS. The predicted molar refractivity (Wildman–Crippen MR) is 35.5 cm³/mol. The molecule has 2 nitrogen and oxygen atoms in total. The molecule has 0 aliphatic rings. The van der Waals surface area contributed by atoms with Crippen molar-refractivity contribution in [3.8, 4) is 0 Å². The van der Waals surface area contributed by atoms with Crippen molar-refractivity contribution >= 4 is 17.4 Å². The maximum Gasteiger partial charge on any atom is 1.00 e. The molecule has 0 bridgehead atoms. The van der Waals surface area contributed by atoms with Crippen molar-refractivity contribution in [1.29, 1.82) is 0 Å². The minimum Gasteiger partial charge on any atom is -0.852 e. The van der Waals surface area contributed by atoms with Gasteiger partial charge < -0.3 is 10.4 Å². The summed E-state index contributed by atoms with van der Waals surface area (Å²) in [4.78, 5) is 0. The second-order valence-electron chi connectivity index (χ2n) is 1.57. The van der Waals surface area contributed by atoms with Gasteiger partial charge in [-0.2, -0.15) is 0 Å². The minimum absolute atomic E-state index is 0.